The molecule has 0 aliphatic rings. The summed E-state index contributed by atoms with van der Waals surface area (Å²) in [6, 6.07) is 13.6. The first-order valence-corrected chi connectivity index (χ1v) is 8.90. The van der Waals surface area contributed by atoms with Gasteiger partial charge in [-0.1, -0.05) is 24.3 Å². The summed E-state index contributed by atoms with van der Waals surface area (Å²) in [6.45, 7) is 2.83. The van der Waals surface area contributed by atoms with E-state index in [9.17, 15) is 0 Å². The van der Waals surface area contributed by atoms with Crippen LogP contribution in [0.25, 0.3) is 0 Å². The summed E-state index contributed by atoms with van der Waals surface area (Å²) < 4.78 is 16.4. The number of para-hydroxylation sites is 1. The van der Waals surface area contributed by atoms with Gasteiger partial charge in [-0.25, -0.2) is 4.98 Å². The Labute approximate surface area is 161 Å². The van der Waals surface area contributed by atoms with Crippen LogP contribution in [-0.2, 0) is 11.3 Å². The molecule has 0 amide bonds. The molecule has 1 aromatic carbocycles. The monoisotopic (exact) mass is 372 g/mol. The molecule has 27 heavy (non-hydrogen) atoms. The summed E-state index contributed by atoms with van der Waals surface area (Å²) in [5.41, 5.74) is 0.962. The first kappa shape index (κ1) is 20.5. The van der Waals surface area contributed by atoms with Crippen LogP contribution >= 0.6 is 0 Å². The Kier molecular flexibility index (Phi) is 8.92. The number of aromatic nitrogens is 1. The second-order valence-corrected chi connectivity index (χ2v) is 5.79. The van der Waals surface area contributed by atoms with Crippen LogP contribution < -0.4 is 14.8 Å². The van der Waals surface area contributed by atoms with Gasteiger partial charge in [0.15, 0.2) is 5.96 Å². The molecule has 2 aromatic rings. The number of pyridine rings is 1. The van der Waals surface area contributed by atoms with Gasteiger partial charge in [-0.3, -0.25) is 4.99 Å². The van der Waals surface area contributed by atoms with Crippen molar-refractivity contribution < 1.29 is 14.2 Å². The Morgan fingerprint density at radius 1 is 1.07 bits per heavy atom. The lowest BCUT2D eigenvalue weighted by atomic mass is 10.2. The van der Waals surface area contributed by atoms with Gasteiger partial charge in [0.2, 0.25) is 5.88 Å². The largest absolute Gasteiger partial charge is 0.492 e. The van der Waals surface area contributed by atoms with Crippen LogP contribution in [0.2, 0.25) is 0 Å². The van der Waals surface area contributed by atoms with E-state index in [1.54, 1.807) is 20.4 Å². The molecular weight excluding hydrogens is 344 g/mol. The second-order valence-electron chi connectivity index (χ2n) is 5.79. The van der Waals surface area contributed by atoms with E-state index >= 15 is 0 Å². The number of nitrogens with zero attached hydrogens (tertiary/aromatic N) is 3. The number of benzene rings is 1. The molecule has 146 valence electrons. The molecule has 0 atom stereocenters. The zero-order valence-electron chi connectivity index (χ0n) is 16.2. The molecule has 0 bridgehead atoms. The van der Waals surface area contributed by atoms with Gasteiger partial charge < -0.3 is 24.4 Å². The van der Waals surface area contributed by atoms with Gasteiger partial charge in [-0.05, 0) is 18.2 Å². The Balaban J connectivity index is 1.82. The number of nitrogens with one attached hydrogen (secondary N) is 1. The van der Waals surface area contributed by atoms with E-state index in [1.807, 2.05) is 54.4 Å². The summed E-state index contributed by atoms with van der Waals surface area (Å²) >= 11 is 0. The summed E-state index contributed by atoms with van der Waals surface area (Å²) in [6.07, 6.45) is 1.72. The van der Waals surface area contributed by atoms with Gasteiger partial charge in [0, 0.05) is 39.5 Å². The number of rotatable bonds is 10. The predicted molar refractivity (Wildman–Crippen MR) is 106 cm³/mol. The van der Waals surface area contributed by atoms with Crippen molar-refractivity contribution in [3.05, 3.63) is 54.2 Å². The smallest absolute Gasteiger partial charge is 0.218 e. The maximum Gasteiger partial charge on any atom is 0.218 e. The SMILES string of the molecule is CN=C(NCc1cccnc1OCCOC)N(C)CCOc1ccccc1. The molecule has 0 unspecified atom stereocenters. The molecule has 0 saturated heterocycles. The molecule has 0 aliphatic carbocycles. The molecule has 0 saturated carbocycles. The summed E-state index contributed by atoms with van der Waals surface area (Å²) in [7, 11) is 5.38. The standard InChI is InChI=1S/C20H28N4O3/c1-21-20(24(2)12-13-26-18-9-5-4-6-10-18)23-16-17-8-7-11-22-19(17)27-15-14-25-3/h4-11H,12-16H2,1-3H3,(H,21,23). The minimum Gasteiger partial charge on any atom is -0.492 e. The molecule has 0 aliphatic heterocycles. The second kappa shape index (κ2) is 11.7. The van der Waals surface area contributed by atoms with Crippen molar-refractivity contribution in [1.82, 2.24) is 15.2 Å². The first-order chi connectivity index (χ1) is 13.2. The number of aliphatic imine (C=N–C) groups is 1. The first-order valence-electron chi connectivity index (χ1n) is 8.90. The van der Waals surface area contributed by atoms with Crippen LogP contribution in [0.1, 0.15) is 5.56 Å². The fourth-order valence-electron chi connectivity index (χ4n) is 2.39. The molecule has 0 radical (unpaired) electrons. The lowest BCUT2D eigenvalue weighted by Crippen LogP contribution is -2.40. The molecule has 0 spiro atoms. The van der Waals surface area contributed by atoms with E-state index in [0.29, 0.717) is 38.8 Å². The third kappa shape index (κ3) is 7.15. The molecule has 1 N–H and O–H groups in total. The van der Waals surface area contributed by atoms with Crippen LogP contribution in [0.3, 0.4) is 0 Å². The number of likely N-dealkylation sites (N-methyl/N-ethyl adjacent to an activating group) is 1. The molecule has 2 rings (SSSR count). The van der Waals surface area contributed by atoms with Crippen LogP contribution in [0.5, 0.6) is 11.6 Å². The van der Waals surface area contributed by atoms with Gasteiger partial charge in [0.05, 0.1) is 13.2 Å². The van der Waals surface area contributed by atoms with Crippen LogP contribution in [0.15, 0.2) is 53.7 Å². The number of guanidine groups is 1. The minimum absolute atomic E-state index is 0.464. The van der Waals surface area contributed by atoms with Crippen molar-refractivity contribution in [3.8, 4) is 11.6 Å². The Morgan fingerprint density at radius 3 is 2.63 bits per heavy atom. The van der Waals surface area contributed by atoms with Crippen molar-refractivity contribution in [1.29, 1.82) is 0 Å². The molecule has 7 nitrogen and oxygen atoms in total. The Hall–Kier alpha value is -2.80. The van der Waals surface area contributed by atoms with Crippen molar-refractivity contribution >= 4 is 5.96 Å². The number of hydrogen-bond donors (Lipinski definition) is 1. The van der Waals surface area contributed by atoms with Crippen LogP contribution in [0, 0.1) is 0 Å². The van der Waals surface area contributed by atoms with E-state index in [0.717, 1.165) is 17.3 Å². The van der Waals surface area contributed by atoms with E-state index in [1.165, 1.54) is 0 Å². The molecule has 1 aromatic heterocycles. The van der Waals surface area contributed by atoms with E-state index in [-0.39, 0.29) is 0 Å². The highest BCUT2D eigenvalue weighted by atomic mass is 16.5. The third-order valence-electron chi connectivity index (χ3n) is 3.83. The van der Waals surface area contributed by atoms with Crippen molar-refractivity contribution in [2.75, 3.05) is 47.6 Å². The molecular formula is C20H28N4O3. The predicted octanol–water partition coefficient (Wildman–Crippen LogP) is 2.19. The summed E-state index contributed by atoms with van der Waals surface area (Å²) in [5.74, 6) is 2.24. The zero-order valence-corrected chi connectivity index (χ0v) is 16.2. The third-order valence-corrected chi connectivity index (χ3v) is 3.83. The Bertz CT molecular complexity index is 695. The van der Waals surface area contributed by atoms with E-state index in [2.05, 4.69) is 15.3 Å². The molecule has 7 heteroatoms. The topological polar surface area (TPSA) is 68.2 Å². The lowest BCUT2D eigenvalue weighted by molar-refractivity contribution is 0.143. The average Bonchev–Trinajstić information content (AvgIpc) is 2.70. The fourth-order valence-corrected chi connectivity index (χ4v) is 2.39. The number of ether oxygens (including phenoxy) is 3. The number of methoxy groups -OCH3 is 1. The van der Waals surface area contributed by atoms with Crippen molar-refractivity contribution in [2.45, 2.75) is 6.54 Å². The zero-order chi connectivity index (χ0) is 19.3. The quantitative estimate of drug-likeness (QED) is 0.392. The van der Waals surface area contributed by atoms with E-state index in [4.69, 9.17) is 14.2 Å². The molecule has 1 heterocycles. The van der Waals surface area contributed by atoms with Gasteiger partial charge in [0.25, 0.3) is 0 Å². The molecule has 0 fully saturated rings. The van der Waals surface area contributed by atoms with Crippen molar-refractivity contribution in [3.63, 3.8) is 0 Å². The van der Waals surface area contributed by atoms with E-state index < -0.39 is 0 Å². The van der Waals surface area contributed by atoms with Gasteiger partial charge in [-0.2, -0.15) is 0 Å². The van der Waals surface area contributed by atoms with Gasteiger partial charge in [-0.15, -0.1) is 0 Å². The lowest BCUT2D eigenvalue weighted by Gasteiger charge is -2.22. The Morgan fingerprint density at radius 2 is 1.89 bits per heavy atom. The fraction of sp³-hybridized carbons (Fsp3) is 0.400. The highest BCUT2D eigenvalue weighted by Crippen LogP contribution is 2.14. The average molecular weight is 372 g/mol. The maximum absolute atomic E-state index is 5.74. The number of hydrogen-bond acceptors (Lipinski definition) is 5. The minimum atomic E-state index is 0.464. The highest BCUT2D eigenvalue weighted by molar-refractivity contribution is 5.79. The van der Waals surface area contributed by atoms with Crippen LogP contribution in [-0.4, -0.2) is 63.4 Å². The summed E-state index contributed by atoms with van der Waals surface area (Å²) in [4.78, 5) is 10.6. The summed E-state index contributed by atoms with van der Waals surface area (Å²) in [5, 5.41) is 3.33. The normalized spacial score (nSPS) is 11.1. The van der Waals surface area contributed by atoms with Crippen LogP contribution in [0.4, 0.5) is 0 Å². The maximum atomic E-state index is 5.74. The van der Waals surface area contributed by atoms with Gasteiger partial charge >= 0.3 is 0 Å². The highest BCUT2D eigenvalue weighted by Gasteiger charge is 2.09. The van der Waals surface area contributed by atoms with Gasteiger partial charge in [0.1, 0.15) is 19.0 Å². The van der Waals surface area contributed by atoms with Crippen molar-refractivity contribution in [2.24, 2.45) is 4.99 Å².